The second kappa shape index (κ2) is 7.47. The van der Waals surface area contributed by atoms with Crippen LogP contribution in [0.1, 0.15) is 36.0 Å². The molecule has 0 bridgehead atoms. The molecule has 0 saturated heterocycles. The van der Waals surface area contributed by atoms with Crippen LogP contribution in [0.2, 0.25) is 0 Å². The number of carbonyl (C=O) groups excluding carboxylic acids is 1. The maximum Gasteiger partial charge on any atom is 0.260 e. The molecular formula is C18H21FN6O3. The lowest BCUT2D eigenvalue weighted by molar-refractivity contribution is 0.100. The van der Waals surface area contributed by atoms with Gasteiger partial charge < -0.3 is 31.6 Å². The van der Waals surface area contributed by atoms with E-state index in [0.717, 1.165) is 31.7 Å². The zero-order valence-corrected chi connectivity index (χ0v) is 15.1. The largest absolute Gasteiger partial charge is 0.452 e. The molecule has 0 radical (unpaired) electrons. The number of amides is 1. The summed E-state index contributed by atoms with van der Waals surface area (Å²) in [5, 5.41) is 6.02. The Morgan fingerprint density at radius 1 is 1.21 bits per heavy atom. The Kier molecular flexibility index (Phi) is 4.86. The summed E-state index contributed by atoms with van der Waals surface area (Å²) >= 11 is 0. The first-order valence-corrected chi connectivity index (χ1v) is 9.06. The van der Waals surface area contributed by atoms with Crippen molar-refractivity contribution in [3.63, 3.8) is 0 Å². The minimum atomic E-state index is -0.802. The van der Waals surface area contributed by atoms with Gasteiger partial charge in [-0.2, -0.15) is 0 Å². The zero-order chi connectivity index (χ0) is 19.7. The van der Waals surface area contributed by atoms with Crippen molar-refractivity contribution in [1.29, 1.82) is 0 Å². The van der Waals surface area contributed by atoms with Gasteiger partial charge in [0.1, 0.15) is 5.82 Å². The van der Waals surface area contributed by atoms with Crippen LogP contribution in [0.4, 0.5) is 21.7 Å². The third kappa shape index (κ3) is 3.63. The van der Waals surface area contributed by atoms with Crippen molar-refractivity contribution < 1.29 is 18.7 Å². The first kappa shape index (κ1) is 18.2. The van der Waals surface area contributed by atoms with E-state index in [2.05, 4.69) is 20.6 Å². The number of nitrogens with zero attached hydrogens (tertiary/aromatic N) is 2. The van der Waals surface area contributed by atoms with E-state index >= 15 is 0 Å². The van der Waals surface area contributed by atoms with Gasteiger partial charge in [0, 0.05) is 18.2 Å². The summed E-state index contributed by atoms with van der Waals surface area (Å²) in [4.78, 5) is 20.2. The van der Waals surface area contributed by atoms with Crippen LogP contribution in [0.25, 0.3) is 0 Å². The van der Waals surface area contributed by atoms with E-state index in [1.165, 1.54) is 6.20 Å². The molecule has 2 aromatic rings. The monoisotopic (exact) mass is 388 g/mol. The lowest BCUT2D eigenvalue weighted by atomic mass is 9.91. The minimum Gasteiger partial charge on any atom is -0.452 e. The van der Waals surface area contributed by atoms with Crippen molar-refractivity contribution in [3.8, 4) is 11.6 Å². The normalized spacial score (nSPS) is 20.6. The molecule has 0 spiro atoms. The first-order valence-electron chi connectivity index (χ1n) is 9.06. The summed E-state index contributed by atoms with van der Waals surface area (Å²) in [7, 11) is 0. The number of carbonyl (C=O) groups is 1. The van der Waals surface area contributed by atoms with Crippen molar-refractivity contribution in [1.82, 2.24) is 9.97 Å². The molecule has 6 N–H and O–H groups in total. The molecule has 1 aliphatic carbocycles. The number of anilines is 3. The van der Waals surface area contributed by atoms with Gasteiger partial charge >= 0.3 is 0 Å². The van der Waals surface area contributed by atoms with Gasteiger partial charge in [-0.05, 0) is 18.9 Å². The van der Waals surface area contributed by atoms with Crippen LogP contribution >= 0.6 is 0 Å². The van der Waals surface area contributed by atoms with Crippen molar-refractivity contribution in [2.24, 2.45) is 11.5 Å². The Balaban J connectivity index is 1.63. The van der Waals surface area contributed by atoms with Crippen molar-refractivity contribution in [2.45, 2.75) is 37.8 Å². The molecule has 3 heterocycles. The fourth-order valence-electron chi connectivity index (χ4n) is 3.39. The summed E-state index contributed by atoms with van der Waals surface area (Å²) in [6.45, 7) is 0.0861. The fraction of sp³-hybridized carbons (Fsp3) is 0.389. The number of nitrogens with one attached hydrogen (secondary N) is 2. The van der Waals surface area contributed by atoms with E-state index in [4.69, 9.17) is 20.9 Å². The second-order valence-corrected chi connectivity index (χ2v) is 6.84. The number of halogens is 1. The molecule has 9 nitrogen and oxygen atoms in total. The smallest absolute Gasteiger partial charge is 0.260 e. The first-order chi connectivity index (χ1) is 13.5. The second-order valence-electron chi connectivity index (χ2n) is 6.84. The Hall–Kier alpha value is -3.14. The lowest BCUT2D eigenvalue weighted by Crippen LogP contribution is -2.43. The van der Waals surface area contributed by atoms with E-state index in [0.29, 0.717) is 17.3 Å². The number of aromatic nitrogens is 2. The van der Waals surface area contributed by atoms with E-state index in [9.17, 15) is 9.18 Å². The third-order valence-corrected chi connectivity index (χ3v) is 4.87. The van der Waals surface area contributed by atoms with Crippen molar-refractivity contribution >= 4 is 23.2 Å². The van der Waals surface area contributed by atoms with Gasteiger partial charge in [-0.25, -0.2) is 14.4 Å². The maximum absolute atomic E-state index is 14.5. The molecule has 4 rings (SSSR count). The molecule has 1 amide bonds. The van der Waals surface area contributed by atoms with E-state index in [1.54, 1.807) is 6.07 Å². The molecular weight excluding hydrogens is 367 g/mol. The predicted octanol–water partition coefficient (Wildman–Crippen LogP) is 1.87. The summed E-state index contributed by atoms with van der Waals surface area (Å²) in [5.41, 5.74) is 11.9. The molecule has 1 aliphatic heterocycles. The molecule has 2 aliphatic rings. The molecule has 28 heavy (non-hydrogen) atoms. The number of ether oxygens (including phenoxy) is 2. The SMILES string of the molecule is NC(=O)c1cc(F)c(N[C@@H]2CCCC[C@@H]2N)nc1Nc1cnc2c(c1)OCO2. The summed E-state index contributed by atoms with van der Waals surface area (Å²) in [5.74, 6) is -0.505. The van der Waals surface area contributed by atoms with Crippen molar-refractivity contribution in [2.75, 3.05) is 17.4 Å². The van der Waals surface area contributed by atoms with Crippen LogP contribution in [0, 0.1) is 5.82 Å². The highest BCUT2D eigenvalue weighted by Gasteiger charge is 2.25. The van der Waals surface area contributed by atoms with Gasteiger partial charge in [0.2, 0.25) is 6.79 Å². The zero-order valence-electron chi connectivity index (χ0n) is 15.1. The Bertz CT molecular complexity index is 909. The lowest BCUT2D eigenvalue weighted by Gasteiger charge is -2.30. The standard InChI is InChI=1S/C18H21FN6O3/c19-11-6-10(15(21)26)16(23-9-5-14-18(22-7-9)28-8-27-14)25-17(11)24-13-4-2-1-3-12(13)20/h5-7,12-13H,1-4,8,20H2,(H2,21,26)(H2,23,24,25)/t12-,13+/m0/s1. The Labute approximate surface area is 160 Å². The maximum atomic E-state index is 14.5. The molecule has 1 saturated carbocycles. The highest BCUT2D eigenvalue weighted by Crippen LogP contribution is 2.33. The van der Waals surface area contributed by atoms with Gasteiger partial charge in [-0.3, -0.25) is 4.79 Å². The molecule has 0 unspecified atom stereocenters. The van der Waals surface area contributed by atoms with Crippen LogP contribution in [-0.4, -0.2) is 34.8 Å². The third-order valence-electron chi connectivity index (χ3n) is 4.87. The van der Waals surface area contributed by atoms with Gasteiger partial charge in [0.25, 0.3) is 11.8 Å². The van der Waals surface area contributed by atoms with Crippen LogP contribution in [0.3, 0.4) is 0 Å². The van der Waals surface area contributed by atoms with Crippen molar-refractivity contribution in [3.05, 3.63) is 29.7 Å². The number of pyridine rings is 2. The quantitative estimate of drug-likeness (QED) is 0.609. The van der Waals surface area contributed by atoms with Crippen LogP contribution < -0.4 is 31.6 Å². The van der Waals surface area contributed by atoms with Crippen LogP contribution in [0.15, 0.2) is 18.3 Å². The molecule has 2 atom stereocenters. The minimum absolute atomic E-state index is 0.0172. The van der Waals surface area contributed by atoms with E-state index < -0.39 is 11.7 Å². The number of fused-ring (bicyclic) bond motifs is 1. The Morgan fingerprint density at radius 3 is 2.82 bits per heavy atom. The van der Waals surface area contributed by atoms with E-state index in [-0.39, 0.29) is 36.1 Å². The highest BCUT2D eigenvalue weighted by molar-refractivity contribution is 5.98. The predicted molar refractivity (Wildman–Crippen MR) is 100 cm³/mol. The number of hydrogen-bond acceptors (Lipinski definition) is 8. The van der Waals surface area contributed by atoms with Crippen LogP contribution in [-0.2, 0) is 0 Å². The number of hydrogen-bond donors (Lipinski definition) is 4. The molecule has 2 aromatic heterocycles. The van der Waals surface area contributed by atoms with Gasteiger partial charge in [-0.1, -0.05) is 12.8 Å². The fourth-order valence-corrected chi connectivity index (χ4v) is 3.39. The van der Waals surface area contributed by atoms with Crippen LogP contribution in [0.5, 0.6) is 11.6 Å². The topological polar surface area (TPSA) is 137 Å². The number of primary amides is 1. The summed E-state index contributed by atoms with van der Waals surface area (Å²) < 4.78 is 25.0. The number of nitrogens with two attached hydrogens (primary N) is 2. The average Bonchev–Trinajstić information content (AvgIpc) is 3.13. The molecule has 148 valence electrons. The van der Waals surface area contributed by atoms with Gasteiger partial charge in [0.15, 0.2) is 17.4 Å². The summed E-state index contributed by atoms with van der Waals surface area (Å²) in [6, 6.07) is 2.54. The van der Waals surface area contributed by atoms with E-state index in [1.807, 2.05) is 0 Å². The molecule has 0 aromatic carbocycles. The van der Waals surface area contributed by atoms with Gasteiger partial charge in [0.05, 0.1) is 17.4 Å². The number of rotatable bonds is 5. The molecule has 10 heteroatoms. The summed E-state index contributed by atoms with van der Waals surface area (Å²) in [6.07, 6.45) is 5.26. The molecule has 1 fully saturated rings. The van der Waals surface area contributed by atoms with Gasteiger partial charge in [-0.15, -0.1) is 0 Å². The average molecular weight is 388 g/mol. The Morgan fingerprint density at radius 2 is 2.04 bits per heavy atom. The highest BCUT2D eigenvalue weighted by atomic mass is 19.1.